The van der Waals surface area contributed by atoms with Gasteiger partial charge in [0.15, 0.2) is 0 Å². The number of benzene rings is 2. The van der Waals surface area contributed by atoms with E-state index in [0.29, 0.717) is 0 Å². The van der Waals surface area contributed by atoms with Crippen molar-refractivity contribution in [3.8, 4) is 0 Å². The van der Waals surface area contributed by atoms with E-state index in [9.17, 15) is 4.79 Å². The maximum atomic E-state index is 13.4. The van der Waals surface area contributed by atoms with Gasteiger partial charge in [-0.3, -0.25) is 4.79 Å². The van der Waals surface area contributed by atoms with Crippen LogP contribution in [0, 0.1) is 0 Å². The smallest absolute Gasteiger partial charge is 0.264 e. The molecule has 1 aliphatic rings. The van der Waals surface area contributed by atoms with Gasteiger partial charge in [0.25, 0.3) is 5.91 Å². The first-order chi connectivity index (χ1) is 13.1. The van der Waals surface area contributed by atoms with Gasteiger partial charge in [-0.2, -0.15) is 0 Å². The largest absolute Gasteiger partial charge is 0.370 e. The highest BCUT2D eigenvalue weighted by Crippen LogP contribution is 2.35. The number of carbonyl (C=O) groups is 1. The van der Waals surface area contributed by atoms with E-state index in [0.717, 1.165) is 39.1 Å². The van der Waals surface area contributed by atoms with Crippen molar-refractivity contribution in [3.05, 3.63) is 75.7 Å². The highest BCUT2D eigenvalue weighted by molar-refractivity contribution is 9.10. The summed E-state index contributed by atoms with van der Waals surface area (Å²) in [6.45, 7) is 4.29. The number of hydrogen-bond acceptors (Lipinski definition) is 3. The quantitative estimate of drug-likeness (QED) is 0.560. The molecule has 2 aromatic rings. The minimum absolute atomic E-state index is 0.0160. The van der Waals surface area contributed by atoms with Crippen LogP contribution in [0.5, 0.6) is 0 Å². The molecule has 3 nitrogen and oxygen atoms in total. The SMILES string of the molecule is CCCC[C@H]1NC=C(Sc2ccc(Br)cc2)C(=O)N1C(C)c1ccccc1. The molecule has 2 aromatic carbocycles. The Morgan fingerprint density at radius 2 is 1.85 bits per heavy atom. The summed E-state index contributed by atoms with van der Waals surface area (Å²) >= 11 is 4.97. The predicted octanol–water partition coefficient (Wildman–Crippen LogP) is 6.09. The second kappa shape index (κ2) is 9.47. The van der Waals surface area contributed by atoms with Crippen molar-refractivity contribution in [2.24, 2.45) is 0 Å². The summed E-state index contributed by atoms with van der Waals surface area (Å²) in [6, 6.07) is 18.3. The van der Waals surface area contributed by atoms with E-state index in [1.54, 1.807) is 0 Å². The van der Waals surface area contributed by atoms with Crippen LogP contribution in [0.3, 0.4) is 0 Å². The van der Waals surface area contributed by atoms with Crippen LogP contribution >= 0.6 is 27.7 Å². The Labute approximate surface area is 174 Å². The minimum Gasteiger partial charge on any atom is -0.370 e. The average Bonchev–Trinajstić information content (AvgIpc) is 2.70. The Bertz CT molecular complexity index is 792. The van der Waals surface area contributed by atoms with Crippen molar-refractivity contribution in [2.45, 2.75) is 50.2 Å². The first kappa shape index (κ1) is 20.0. The second-order valence-electron chi connectivity index (χ2n) is 6.69. The Morgan fingerprint density at radius 3 is 2.52 bits per heavy atom. The van der Waals surface area contributed by atoms with Crippen molar-refractivity contribution in [1.29, 1.82) is 0 Å². The van der Waals surface area contributed by atoms with Crippen LogP contribution in [0.15, 0.2) is 75.1 Å². The number of hydrogen-bond donors (Lipinski definition) is 1. The molecule has 27 heavy (non-hydrogen) atoms. The number of nitrogens with one attached hydrogen (secondary N) is 1. The van der Waals surface area contributed by atoms with E-state index in [2.05, 4.69) is 47.2 Å². The van der Waals surface area contributed by atoms with Gasteiger partial charge >= 0.3 is 0 Å². The summed E-state index contributed by atoms with van der Waals surface area (Å²) in [7, 11) is 0. The summed E-state index contributed by atoms with van der Waals surface area (Å²) in [5.74, 6) is 0.0964. The van der Waals surface area contributed by atoms with Crippen molar-refractivity contribution in [2.75, 3.05) is 0 Å². The van der Waals surface area contributed by atoms with Crippen LogP contribution in [0.25, 0.3) is 0 Å². The molecule has 142 valence electrons. The van der Waals surface area contributed by atoms with Crippen LogP contribution in [-0.4, -0.2) is 17.0 Å². The van der Waals surface area contributed by atoms with E-state index < -0.39 is 0 Å². The number of halogens is 1. The minimum atomic E-state index is 0.0160. The fraction of sp³-hybridized carbons (Fsp3) is 0.318. The molecule has 2 atom stereocenters. The number of thioether (sulfide) groups is 1. The third kappa shape index (κ3) is 4.96. The summed E-state index contributed by atoms with van der Waals surface area (Å²) in [5.41, 5.74) is 1.16. The standard InChI is InChI=1S/C22H25BrN2OS/c1-3-4-10-21-24-15-20(27-19-13-11-18(23)12-14-19)22(26)25(21)16(2)17-8-6-5-7-9-17/h5-9,11-16,21,24H,3-4,10H2,1-2H3/t16?,21-/m0/s1. The fourth-order valence-electron chi connectivity index (χ4n) is 3.24. The molecule has 1 amide bonds. The van der Waals surface area contributed by atoms with Gasteiger partial charge in [-0.15, -0.1) is 0 Å². The Balaban J connectivity index is 1.84. The molecule has 0 aliphatic carbocycles. The van der Waals surface area contributed by atoms with E-state index >= 15 is 0 Å². The van der Waals surface area contributed by atoms with E-state index in [1.807, 2.05) is 53.6 Å². The normalized spacial score (nSPS) is 18.0. The van der Waals surface area contributed by atoms with Crippen LogP contribution < -0.4 is 5.32 Å². The molecule has 1 N–H and O–H groups in total. The van der Waals surface area contributed by atoms with Gasteiger partial charge in [-0.1, -0.05) is 71.4 Å². The predicted molar refractivity (Wildman–Crippen MR) is 116 cm³/mol. The molecule has 1 aliphatic heterocycles. The summed E-state index contributed by atoms with van der Waals surface area (Å²) in [6.07, 6.45) is 5.08. The Kier molecular flexibility index (Phi) is 7.02. The molecule has 0 saturated heterocycles. The van der Waals surface area contributed by atoms with Crippen LogP contribution in [0.2, 0.25) is 0 Å². The van der Waals surface area contributed by atoms with Crippen molar-refractivity contribution >= 4 is 33.6 Å². The zero-order valence-electron chi connectivity index (χ0n) is 15.7. The van der Waals surface area contributed by atoms with Gasteiger partial charge < -0.3 is 10.2 Å². The maximum absolute atomic E-state index is 13.4. The molecule has 3 rings (SSSR count). The molecule has 1 heterocycles. The summed E-state index contributed by atoms with van der Waals surface area (Å²) in [4.78, 5) is 17.2. The number of carbonyl (C=O) groups excluding carboxylic acids is 1. The molecule has 0 radical (unpaired) electrons. The van der Waals surface area contributed by atoms with Gasteiger partial charge in [0.2, 0.25) is 0 Å². The van der Waals surface area contributed by atoms with Gasteiger partial charge in [-0.05, 0) is 49.6 Å². The monoisotopic (exact) mass is 444 g/mol. The molecule has 0 fully saturated rings. The molecule has 0 spiro atoms. The first-order valence-corrected chi connectivity index (χ1v) is 11.0. The number of rotatable bonds is 7. The summed E-state index contributed by atoms with van der Waals surface area (Å²) < 4.78 is 1.04. The zero-order valence-corrected chi connectivity index (χ0v) is 18.1. The highest BCUT2D eigenvalue weighted by Gasteiger charge is 2.34. The second-order valence-corrected chi connectivity index (χ2v) is 8.72. The lowest BCUT2D eigenvalue weighted by Crippen LogP contribution is -2.51. The van der Waals surface area contributed by atoms with Crippen molar-refractivity contribution in [1.82, 2.24) is 10.2 Å². The Morgan fingerprint density at radius 1 is 1.15 bits per heavy atom. The van der Waals surface area contributed by atoms with Gasteiger partial charge in [0.1, 0.15) is 6.17 Å². The lowest BCUT2D eigenvalue weighted by Gasteiger charge is -2.40. The van der Waals surface area contributed by atoms with E-state index in [-0.39, 0.29) is 18.1 Å². The topological polar surface area (TPSA) is 32.3 Å². The fourth-order valence-corrected chi connectivity index (χ4v) is 4.35. The van der Waals surface area contributed by atoms with Crippen LogP contribution in [0.1, 0.15) is 44.7 Å². The Hall–Kier alpha value is -1.72. The van der Waals surface area contributed by atoms with Crippen LogP contribution in [0.4, 0.5) is 0 Å². The van der Waals surface area contributed by atoms with Crippen molar-refractivity contribution < 1.29 is 4.79 Å². The van der Waals surface area contributed by atoms with Crippen LogP contribution in [-0.2, 0) is 4.79 Å². The maximum Gasteiger partial charge on any atom is 0.264 e. The average molecular weight is 445 g/mol. The third-order valence-corrected chi connectivity index (χ3v) is 6.31. The number of unbranched alkanes of at least 4 members (excludes halogenated alkanes) is 1. The molecule has 0 saturated carbocycles. The van der Waals surface area contributed by atoms with E-state index in [1.165, 1.54) is 11.8 Å². The zero-order chi connectivity index (χ0) is 19.2. The molecular formula is C22H25BrN2OS. The van der Waals surface area contributed by atoms with Gasteiger partial charge in [0, 0.05) is 15.6 Å². The third-order valence-electron chi connectivity index (χ3n) is 4.76. The van der Waals surface area contributed by atoms with Crippen molar-refractivity contribution in [3.63, 3.8) is 0 Å². The summed E-state index contributed by atoms with van der Waals surface area (Å²) in [5, 5.41) is 3.48. The molecular weight excluding hydrogens is 420 g/mol. The molecule has 1 unspecified atom stereocenters. The molecule has 5 heteroatoms. The van der Waals surface area contributed by atoms with E-state index in [4.69, 9.17) is 0 Å². The number of amides is 1. The lowest BCUT2D eigenvalue weighted by atomic mass is 10.0. The number of nitrogens with zero attached hydrogens (tertiary/aromatic N) is 1. The molecule has 0 bridgehead atoms. The van der Waals surface area contributed by atoms with Gasteiger partial charge in [-0.25, -0.2) is 0 Å². The highest BCUT2D eigenvalue weighted by atomic mass is 79.9. The lowest BCUT2D eigenvalue weighted by molar-refractivity contribution is -0.132. The van der Waals surface area contributed by atoms with Gasteiger partial charge in [0.05, 0.1) is 10.9 Å². The molecule has 0 aromatic heterocycles. The first-order valence-electron chi connectivity index (χ1n) is 9.37.